The second-order valence-corrected chi connectivity index (χ2v) is 6.55. The van der Waals surface area contributed by atoms with E-state index in [1.54, 1.807) is 24.2 Å². The topological polar surface area (TPSA) is 78.3 Å². The summed E-state index contributed by atoms with van der Waals surface area (Å²) in [7, 11) is 0. The van der Waals surface area contributed by atoms with Crippen LogP contribution in [0, 0.1) is 24.1 Å². The maximum atomic E-state index is 14.0. The third kappa shape index (κ3) is 4.80. The highest BCUT2D eigenvalue weighted by atomic mass is 19.1. The quantitative estimate of drug-likeness (QED) is 0.874. The predicted molar refractivity (Wildman–Crippen MR) is 98.5 cm³/mol. The highest BCUT2D eigenvalue weighted by Gasteiger charge is 2.23. The van der Waals surface area contributed by atoms with Crippen molar-refractivity contribution in [1.82, 2.24) is 9.88 Å². The Kier molecular flexibility index (Phi) is 5.99. The molecular formula is C20H21FN4O2. The first-order valence-electron chi connectivity index (χ1n) is 8.83. The predicted octanol–water partition coefficient (Wildman–Crippen LogP) is 3.61. The number of hydrogen-bond donors (Lipinski definition) is 1. The number of urea groups is 1. The fourth-order valence-corrected chi connectivity index (χ4v) is 3.03. The minimum Gasteiger partial charge on any atom is -0.376 e. The molecule has 2 heterocycles. The number of rotatable bonds is 5. The number of aromatic nitrogens is 1. The molecule has 1 aromatic heterocycles. The van der Waals surface area contributed by atoms with Gasteiger partial charge in [0.1, 0.15) is 5.82 Å². The van der Waals surface area contributed by atoms with Crippen molar-refractivity contribution in [3.8, 4) is 6.07 Å². The smallest absolute Gasteiger partial charge is 0.322 e. The number of benzene rings is 1. The molecule has 0 unspecified atom stereocenters. The summed E-state index contributed by atoms with van der Waals surface area (Å²) in [5, 5.41) is 11.8. The van der Waals surface area contributed by atoms with Gasteiger partial charge in [-0.05, 0) is 43.5 Å². The Hall–Kier alpha value is -2.98. The van der Waals surface area contributed by atoms with Crippen LogP contribution in [-0.2, 0) is 11.3 Å². The molecule has 1 aliphatic heterocycles. The summed E-state index contributed by atoms with van der Waals surface area (Å²) < 4.78 is 19.7. The zero-order valence-electron chi connectivity index (χ0n) is 15.1. The van der Waals surface area contributed by atoms with Crippen molar-refractivity contribution >= 4 is 11.7 Å². The van der Waals surface area contributed by atoms with Gasteiger partial charge >= 0.3 is 6.03 Å². The zero-order valence-corrected chi connectivity index (χ0v) is 15.1. The van der Waals surface area contributed by atoms with Gasteiger partial charge in [-0.2, -0.15) is 5.26 Å². The van der Waals surface area contributed by atoms with Gasteiger partial charge in [-0.15, -0.1) is 0 Å². The number of pyridine rings is 1. The van der Waals surface area contributed by atoms with Crippen LogP contribution < -0.4 is 5.32 Å². The van der Waals surface area contributed by atoms with Crippen molar-refractivity contribution in [3.05, 3.63) is 59.2 Å². The molecule has 27 heavy (non-hydrogen) atoms. The van der Waals surface area contributed by atoms with Crippen molar-refractivity contribution in [1.29, 1.82) is 5.26 Å². The molecule has 1 aromatic carbocycles. The van der Waals surface area contributed by atoms with Crippen LogP contribution in [0.5, 0.6) is 0 Å². The fourth-order valence-electron chi connectivity index (χ4n) is 3.03. The number of carbonyl (C=O) groups is 1. The number of nitriles is 1. The van der Waals surface area contributed by atoms with Gasteiger partial charge in [0, 0.05) is 43.3 Å². The normalized spacial score (nSPS) is 16.0. The molecular weight excluding hydrogens is 347 g/mol. The van der Waals surface area contributed by atoms with Gasteiger partial charge in [0.2, 0.25) is 0 Å². The molecule has 1 aliphatic rings. The van der Waals surface area contributed by atoms with E-state index in [-0.39, 0.29) is 17.7 Å². The van der Waals surface area contributed by atoms with Crippen LogP contribution in [0.15, 0.2) is 36.7 Å². The van der Waals surface area contributed by atoms with E-state index in [1.807, 2.05) is 18.2 Å². The highest BCUT2D eigenvalue weighted by molar-refractivity contribution is 5.90. The third-order valence-corrected chi connectivity index (χ3v) is 4.55. The van der Waals surface area contributed by atoms with Crippen LogP contribution in [0.2, 0.25) is 0 Å². The van der Waals surface area contributed by atoms with E-state index in [2.05, 4.69) is 10.3 Å². The van der Waals surface area contributed by atoms with Crippen molar-refractivity contribution in [2.24, 2.45) is 0 Å². The molecule has 6 nitrogen and oxygen atoms in total. The SMILES string of the molecule is Cc1c(F)cc(C#N)cc1NC(=O)N(Cc1cccnc1)C[C@H]1CCCO1. The van der Waals surface area contributed by atoms with Crippen LogP contribution in [0.1, 0.15) is 29.5 Å². The van der Waals surface area contributed by atoms with Crippen molar-refractivity contribution in [2.45, 2.75) is 32.4 Å². The fraction of sp³-hybridized carbons (Fsp3) is 0.350. The van der Waals surface area contributed by atoms with Gasteiger partial charge < -0.3 is 15.0 Å². The molecule has 0 saturated carbocycles. The zero-order chi connectivity index (χ0) is 19.2. The van der Waals surface area contributed by atoms with E-state index in [0.717, 1.165) is 24.5 Å². The number of nitrogens with one attached hydrogen (secondary N) is 1. The monoisotopic (exact) mass is 368 g/mol. The lowest BCUT2D eigenvalue weighted by Crippen LogP contribution is -2.39. The maximum Gasteiger partial charge on any atom is 0.322 e. The molecule has 3 rings (SSSR count). The lowest BCUT2D eigenvalue weighted by atomic mass is 10.1. The van der Waals surface area contributed by atoms with Crippen LogP contribution in [0.25, 0.3) is 0 Å². The van der Waals surface area contributed by atoms with E-state index >= 15 is 0 Å². The summed E-state index contributed by atoms with van der Waals surface area (Å²) in [4.78, 5) is 18.6. The average molecular weight is 368 g/mol. The first-order chi connectivity index (χ1) is 13.1. The number of hydrogen-bond acceptors (Lipinski definition) is 4. The van der Waals surface area contributed by atoms with Gasteiger partial charge in [-0.1, -0.05) is 6.07 Å². The molecule has 0 aliphatic carbocycles. The molecule has 140 valence electrons. The molecule has 7 heteroatoms. The average Bonchev–Trinajstić information content (AvgIpc) is 3.18. The second kappa shape index (κ2) is 8.60. The summed E-state index contributed by atoms with van der Waals surface area (Å²) in [6, 6.07) is 7.87. The molecule has 2 aromatic rings. The molecule has 0 bridgehead atoms. The number of carbonyl (C=O) groups excluding carboxylic acids is 1. The number of halogens is 1. The van der Waals surface area contributed by atoms with Crippen molar-refractivity contribution < 1.29 is 13.9 Å². The van der Waals surface area contributed by atoms with Crippen LogP contribution in [0.3, 0.4) is 0 Å². The first kappa shape index (κ1) is 18.8. The Morgan fingerprint density at radius 1 is 1.52 bits per heavy atom. The molecule has 1 fully saturated rings. The highest BCUT2D eigenvalue weighted by Crippen LogP contribution is 2.22. The molecule has 0 radical (unpaired) electrons. The van der Waals surface area contributed by atoms with Gasteiger partial charge in [-0.3, -0.25) is 4.98 Å². The van der Waals surface area contributed by atoms with Crippen LogP contribution in [0.4, 0.5) is 14.9 Å². The van der Waals surface area contributed by atoms with Crippen molar-refractivity contribution in [2.75, 3.05) is 18.5 Å². The molecule has 2 amide bonds. The van der Waals surface area contributed by atoms with E-state index in [1.165, 1.54) is 6.07 Å². The molecule has 1 saturated heterocycles. The summed E-state index contributed by atoms with van der Waals surface area (Å²) in [5.74, 6) is -0.526. The van der Waals surface area contributed by atoms with E-state index in [4.69, 9.17) is 10.00 Å². The van der Waals surface area contributed by atoms with Gasteiger partial charge in [-0.25, -0.2) is 9.18 Å². The van der Waals surface area contributed by atoms with E-state index < -0.39 is 5.82 Å². The van der Waals surface area contributed by atoms with Crippen LogP contribution in [-0.4, -0.2) is 35.2 Å². The maximum absolute atomic E-state index is 14.0. The Balaban J connectivity index is 1.79. The number of amides is 2. The largest absolute Gasteiger partial charge is 0.376 e. The summed E-state index contributed by atoms with van der Waals surface area (Å²) in [5.41, 5.74) is 1.63. The lowest BCUT2D eigenvalue weighted by Gasteiger charge is -2.26. The summed E-state index contributed by atoms with van der Waals surface area (Å²) >= 11 is 0. The second-order valence-electron chi connectivity index (χ2n) is 6.55. The molecule has 1 N–H and O–H groups in total. The van der Waals surface area contributed by atoms with Gasteiger partial charge in [0.25, 0.3) is 0 Å². The number of anilines is 1. The lowest BCUT2D eigenvalue weighted by molar-refractivity contribution is 0.0819. The minimum absolute atomic E-state index is 0.0179. The number of nitrogens with zero attached hydrogens (tertiary/aromatic N) is 3. The molecule has 0 spiro atoms. The standard InChI is InChI=1S/C20H21FN4O2/c1-14-18(21)8-16(10-22)9-19(14)24-20(26)25(13-17-5-3-7-27-17)12-15-4-2-6-23-11-15/h2,4,6,8-9,11,17H,3,5,7,12-13H2,1H3,(H,24,26)/t17-/m1/s1. The molecule has 1 atom stereocenters. The van der Waals surface area contributed by atoms with Gasteiger partial charge in [0.15, 0.2) is 0 Å². The minimum atomic E-state index is -0.526. The first-order valence-corrected chi connectivity index (χ1v) is 8.83. The Morgan fingerprint density at radius 3 is 3.04 bits per heavy atom. The summed E-state index contributed by atoms with van der Waals surface area (Å²) in [6.07, 6.45) is 5.23. The Morgan fingerprint density at radius 2 is 2.37 bits per heavy atom. The number of ether oxygens (including phenoxy) is 1. The van der Waals surface area contributed by atoms with Gasteiger partial charge in [0.05, 0.1) is 17.7 Å². The van der Waals surface area contributed by atoms with E-state index in [0.29, 0.717) is 30.9 Å². The van der Waals surface area contributed by atoms with Crippen molar-refractivity contribution in [3.63, 3.8) is 0 Å². The van der Waals surface area contributed by atoms with Crippen LogP contribution >= 0.6 is 0 Å². The summed E-state index contributed by atoms with van der Waals surface area (Å²) in [6.45, 7) is 3.05. The third-order valence-electron chi connectivity index (χ3n) is 4.55. The Labute approximate surface area is 157 Å². The van der Waals surface area contributed by atoms with E-state index in [9.17, 15) is 9.18 Å². The Bertz CT molecular complexity index is 845.